The summed E-state index contributed by atoms with van der Waals surface area (Å²) >= 11 is 9.33. The number of nitrogens with zero attached hydrogens (tertiary/aromatic N) is 7. The van der Waals surface area contributed by atoms with Crippen LogP contribution in [0.5, 0.6) is 0 Å². The fraction of sp³-hybridized carbons (Fsp3) is 0.194. The molecule has 0 spiro atoms. The van der Waals surface area contributed by atoms with Gasteiger partial charge in [-0.25, -0.2) is 4.98 Å². The normalized spacial score (nSPS) is 14.1. The summed E-state index contributed by atoms with van der Waals surface area (Å²) in [6.07, 6.45) is 7.79. The second-order valence-electron chi connectivity index (χ2n) is 9.68. The molecule has 212 valence electrons. The van der Waals surface area contributed by atoms with E-state index >= 15 is 0 Å². The number of rotatable bonds is 9. The van der Waals surface area contributed by atoms with Gasteiger partial charge in [-0.3, -0.25) is 19.2 Å². The van der Waals surface area contributed by atoms with Crippen LogP contribution in [0, 0.1) is 0 Å². The van der Waals surface area contributed by atoms with E-state index in [0.717, 1.165) is 35.9 Å². The molecule has 0 bridgehead atoms. The molecule has 6 rings (SSSR count). The van der Waals surface area contributed by atoms with Crippen molar-refractivity contribution in [1.82, 2.24) is 34.5 Å². The van der Waals surface area contributed by atoms with E-state index in [1.165, 1.54) is 28.7 Å². The van der Waals surface area contributed by atoms with Gasteiger partial charge in [0.05, 0.1) is 11.4 Å². The minimum Gasteiger partial charge on any atom is -0.335 e. The fourth-order valence-corrected chi connectivity index (χ4v) is 6.62. The molecule has 0 unspecified atom stereocenters. The summed E-state index contributed by atoms with van der Waals surface area (Å²) in [6.45, 7) is 3.95. The van der Waals surface area contributed by atoms with Crippen molar-refractivity contribution in [2.24, 2.45) is 0 Å². The van der Waals surface area contributed by atoms with Gasteiger partial charge in [0.25, 0.3) is 5.91 Å². The summed E-state index contributed by atoms with van der Waals surface area (Å²) in [7, 11) is 0. The van der Waals surface area contributed by atoms with Crippen molar-refractivity contribution >= 4 is 46.7 Å². The van der Waals surface area contributed by atoms with E-state index in [0.29, 0.717) is 40.5 Å². The van der Waals surface area contributed by atoms with Crippen LogP contribution in [0.4, 0.5) is 0 Å². The molecule has 2 aromatic carbocycles. The largest absolute Gasteiger partial charge is 0.335 e. The van der Waals surface area contributed by atoms with Gasteiger partial charge in [-0.1, -0.05) is 71.9 Å². The van der Waals surface area contributed by atoms with E-state index in [-0.39, 0.29) is 5.91 Å². The minimum atomic E-state index is -0.0101. The Morgan fingerprint density at radius 2 is 1.79 bits per heavy atom. The molecule has 0 saturated carbocycles. The first-order valence-electron chi connectivity index (χ1n) is 13.6. The SMILES string of the molecule is O=C(c1csc(CSc2nnc(-c3ccncc3)n2-c2cccc(Cl)c2)n1)N1CCN(CC=Cc2ccccc2)CC1. The van der Waals surface area contributed by atoms with E-state index in [9.17, 15) is 4.79 Å². The van der Waals surface area contributed by atoms with E-state index in [4.69, 9.17) is 11.6 Å². The highest BCUT2D eigenvalue weighted by atomic mass is 35.5. The van der Waals surface area contributed by atoms with Crippen LogP contribution in [-0.4, -0.2) is 73.2 Å². The number of benzene rings is 2. The Morgan fingerprint density at radius 3 is 2.57 bits per heavy atom. The highest BCUT2D eigenvalue weighted by Gasteiger charge is 2.24. The second-order valence-corrected chi connectivity index (χ2v) is 12.0. The van der Waals surface area contributed by atoms with Crippen molar-refractivity contribution < 1.29 is 4.79 Å². The summed E-state index contributed by atoms with van der Waals surface area (Å²) in [5, 5.41) is 13.0. The first-order valence-corrected chi connectivity index (χ1v) is 15.8. The second kappa shape index (κ2) is 13.4. The molecule has 8 nitrogen and oxygen atoms in total. The van der Waals surface area contributed by atoms with E-state index in [1.54, 1.807) is 12.4 Å². The molecule has 0 aliphatic carbocycles. The zero-order chi connectivity index (χ0) is 28.7. The summed E-state index contributed by atoms with van der Waals surface area (Å²) in [5.74, 6) is 1.25. The smallest absolute Gasteiger partial charge is 0.273 e. The van der Waals surface area contributed by atoms with Crippen molar-refractivity contribution in [2.75, 3.05) is 32.7 Å². The van der Waals surface area contributed by atoms with Gasteiger partial charge in [0, 0.05) is 61.1 Å². The van der Waals surface area contributed by atoms with Crippen LogP contribution in [0.1, 0.15) is 21.1 Å². The Balaban J connectivity index is 1.08. The molecule has 11 heteroatoms. The van der Waals surface area contributed by atoms with Crippen LogP contribution in [0.2, 0.25) is 5.02 Å². The number of aromatic nitrogens is 5. The lowest BCUT2D eigenvalue weighted by Gasteiger charge is -2.33. The highest BCUT2D eigenvalue weighted by molar-refractivity contribution is 7.98. The molecule has 0 N–H and O–H groups in total. The first-order chi connectivity index (χ1) is 20.6. The standard InChI is InChI=1S/C31H28ClN7OS2/c32-25-9-4-10-26(20-25)39-29(24-11-13-33-14-12-24)35-36-31(39)42-22-28-34-27(21-41-28)30(40)38-18-16-37(17-19-38)15-5-8-23-6-2-1-3-7-23/h1-14,20-21H,15-19,22H2. The van der Waals surface area contributed by atoms with Gasteiger partial charge in [0.15, 0.2) is 11.0 Å². The number of amides is 1. The zero-order valence-corrected chi connectivity index (χ0v) is 25.1. The third-order valence-electron chi connectivity index (χ3n) is 6.87. The molecule has 1 amide bonds. The average Bonchev–Trinajstić information content (AvgIpc) is 3.69. The maximum absolute atomic E-state index is 13.2. The number of thiazole rings is 1. The number of thioether (sulfide) groups is 1. The number of piperazine rings is 1. The zero-order valence-electron chi connectivity index (χ0n) is 22.7. The summed E-state index contributed by atoms with van der Waals surface area (Å²) in [5.41, 5.74) is 3.47. The molecule has 1 fully saturated rings. The van der Waals surface area contributed by atoms with Crippen LogP contribution in [0.3, 0.4) is 0 Å². The van der Waals surface area contributed by atoms with Gasteiger partial charge in [-0.2, -0.15) is 0 Å². The van der Waals surface area contributed by atoms with Crippen molar-refractivity contribution in [3.05, 3.63) is 112 Å². The van der Waals surface area contributed by atoms with Gasteiger partial charge in [0.2, 0.25) is 0 Å². The van der Waals surface area contributed by atoms with Crippen LogP contribution in [0.15, 0.2) is 95.7 Å². The summed E-state index contributed by atoms with van der Waals surface area (Å²) < 4.78 is 1.99. The molecular formula is C31H28ClN7OS2. The maximum atomic E-state index is 13.2. The Bertz CT molecular complexity index is 1670. The van der Waals surface area contributed by atoms with Crippen molar-refractivity contribution in [3.8, 4) is 17.1 Å². The molecule has 0 atom stereocenters. The van der Waals surface area contributed by atoms with Gasteiger partial charge < -0.3 is 4.90 Å². The van der Waals surface area contributed by atoms with E-state index in [2.05, 4.69) is 49.4 Å². The predicted octanol–water partition coefficient (Wildman–Crippen LogP) is 6.20. The molecule has 5 aromatic rings. The molecule has 3 aromatic heterocycles. The monoisotopic (exact) mass is 613 g/mol. The van der Waals surface area contributed by atoms with E-state index < -0.39 is 0 Å². The van der Waals surface area contributed by atoms with Gasteiger partial charge in [-0.05, 0) is 35.9 Å². The topological polar surface area (TPSA) is 80.0 Å². The van der Waals surface area contributed by atoms with Crippen molar-refractivity contribution in [3.63, 3.8) is 0 Å². The lowest BCUT2D eigenvalue weighted by atomic mass is 10.2. The average molecular weight is 614 g/mol. The quantitative estimate of drug-likeness (QED) is 0.183. The molecule has 42 heavy (non-hydrogen) atoms. The predicted molar refractivity (Wildman–Crippen MR) is 169 cm³/mol. The molecule has 1 aliphatic rings. The Morgan fingerprint density at radius 1 is 0.976 bits per heavy atom. The molecular weight excluding hydrogens is 586 g/mol. The van der Waals surface area contributed by atoms with Crippen LogP contribution in [-0.2, 0) is 5.75 Å². The Kier molecular flexibility index (Phi) is 9.05. The third kappa shape index (κ3) is 6.79. The summed E-state index contributed by atoms with van der Waals surface area (Å²) in [6, 6.07) is 21.7. The fourth-order valence-electron chi connectivity index (χ4n) is 4.70. The Labute approximate surface area is 257 Å². The minimum absolute atomic E-state index is 0.0101. The van der Waals surface area contributed by atoms with Crippen molar-refractivity contribution in [1.29, 1.82) is 0 Å². The maximum Gasteiger partial charge on any atom is 0.273 e. The van der Waals surface area contributed by atoms with Crippen LogP contribution < -0.4 is 0 Å². The lowest BCUT2D eigenvalue weighted by molar-refractivity contribution is 0.0645. The third-order valence-corrected chi connectivity index (χ3v) is 9.07. The number of carbonyl (C=O) groups is 1. The lowest BCUT2D eigenvalue weighted by Crippen LogP contribution is -2.48. The molecule has 1 saturated heterocycles. The molecule has 4 heterocycles. The number of pyridine rings is 1. The summed E-state index contributed by atoms with van der Waals surface area (Å²) in [4.78, 5) is 26.3. The highest BCUT2D eigenvalue weighted by Crippen LogP contribution is 2.31. The van der Waals surface area contributed by atoms with Gasteiger partial charge in [-0.15, -0.1) is 21.5 Å². The van der Waals surface area contributed by atoms with Gasteiger partial charge in [0.1, 0.15) is 10.7 Å². The van der Waals surface area contributed by atoms with Crippen molar-refractivity contribution in [2.45, 2.75) is 10.9 Å². The van der Waals surface area contributed by atoms with Crippen LogP contribution in [0.25, 0.3) is 23.2 Å². The molecule has 0 radical (unpaired) electrons. The number of hydrogen-bond acceptors (Lipinski definition) is 8. The number of hydrogen-bond donors (Lipinski definition) is 0. The van der Waals surface area contributed by atoms with E-state index in [1.807, 2.05) is 69.4 Å². The van der Waals surface area contributed by atoms with Gasteiger partial charge >= 0.3 is 0 Å². The molecule has 1 aliphatic heterocycles. The number of carbonyl (C=O) groups excluding carboxylic acids is 1. The number of halogens is 1. The first kappa shape index (κ1) is 28.3. The van der Waals surface area contributed by atoms with Crippen LogP contribution >= 0.6 is 34.7 Å². The Hall–Kier alpha value is -3.83.